The standard InChI is InChI=1S/C15H21NO3S/c1-15(2,13(16)14(17)18)20-9-10-7-8-19-12-6-4-3-5-11(10)12/h3-6,10,13H,7-9,16H2,1-2H3,(H,17,18)/t10?,13-/m1/s1. The fourth-order valence-corrected chi connectivity index (χ4v) is 3.55. The maximum atomic E-state index is 11.0. The van der Waals surface area contributed by atoms with E-state index in [0.717, 1.165) is 17.9 Å². The average molecular weight is 295 g/mol. The number of fused-ring (bicyclic) bond motifs is 1. The lowest BCUT2D eigenvalue weighted by Crippen LogP contribution is -2.47. The number of hydrogen-bond acceptors (Lipinski definition) is 4. The van der Waals surface area contributed by atoms with E-state index >= 15 is 0 Å². The summed E-state index contributed by atoms with van der Waals surface area (Å²) in [6.07, 6.45) is 0.961. The molecule has 1 aromatic carbocycles. The van der Waals surface area contributed by atoms with Crippen LogP contribution in [0.5, 0.6) is 5.75 Å². The predicted octanol–water partition coefficient (Wildman–Crippen LogP) is 2.48. The highest BCUT2D eigenvalue weighted by Crippen LogP contribution is 2.38. The van der Waals surface area contributed by atoms with Gasteiger partial charge in [0.05, 0.1) is 6.61 Å². The Hall–Kier alpha value is -1.20. The van der Waals surface area contributed by atoms with E-state index in [9.17, 15) is 4.79 Å². The Balaban J connectivity index is 2.04. The van der Waals surface area contributed by atoms with E-state index in [-0.39, 0.29) is 0 Å². The van der Waals surface area contributed by atoms with E-state index in [4.69, 9.17) is 15.6 Å². The summed E-state index contributed by atoms with van der Waals surface area (Å²) in [5, 5.41) is 9.05. The molecule has 1 aromatic rings. The molecule has 0 saturated carbocycles. The summed E-state index contributed by atoms with van der Waals surface area (Å²) in [6.45, 7) is 4.50. The monoisotopic (exact) mass is 295 g/mol. The number of aliphatic carboxylic acids is 1. The Morgan fingerprint density at radius 2 is 2.25 bits per heavy atom. The molecular formula is C15H21NO3S. The molecule has 0 aliphatic carbocycles. The summed E-state index contributed by atoms with van der Waals surface area (Å²) in [5.74, 6) is 1.25. The van der Waals surface area contributed by atoms with Gasteiger partial charge in [0.2, 0.25) is 0 Å². The minimum atomic E-state index is -0.949. The number of rotatable bonds is 5. The molecule has 0 bridgehead atoms. The molecule has 5 heteroatoms. The van der Waals surface area contributed by atoms with Crippen molar-refractivity contribution in [3.05, 3.63) is 29.8 Å². The van der Waals surface area contributed by atoms with Gasteiger partial charge in [-0.2, -0.15) is 11.8 Å². The van der Waals surface area contributed by atoms with Crippen molar-refractivity contribution in [2.24, 2.45) is 5.73 Å². The minimum absolute atomic E-state index is 0.394. The van der Waals surface area contributed by atoms with Crippen molar-refractivity contribution in [3.8, 4) is 5.75 Å². The second kappa shape index (κ2) is 6.06. The summed E-state index contributed by atoms with van der Waals surface area (Å²) in [4.78, 5) is 11.0. The van der Waals surface area contributed by atoms with Crippen LogP contribution in [0.15, 0.2) is 24.3 Å². The lowest BCUT2D eigenvalue weighted by molar-refractivity contribution is -0.139. The Kier molecular flexibility index (Phi) is 4.60. The first-order chi connectivity index (χ1) is 9.42. The molecule has 0 aromatic heterocycles. The molecule has 2 atom stereocenters. The highest BCUT2D eigenvalue weighted by atomic mass is 32.2. The second-order valence-electron chi connectivity index (χ2n) is 5.60. The first-order valence-corrected chi connectivity index (χ1v) is 7.74. The van der Waals surface area contributed by atoms with Crippen LogP contribution in [-0.2, 0) is 4.79 Å². The van der Waals surface area contributed by atoms with Crippen LogP contribution in [0.25, 0.3) is 0 Å². The van der Waals surface area contributed by atoms with Crippen LogP contribution in [0.3, 0.4) is 0 Å². The van der Waals surface area contributed by atoms with Crippen molar-refractivity contribution in [1.29, 1.82) is 0 Å². The number of hydrogen-bond donors (Lipinski definition) is 2. The number of benzene rings is 1. The van der Waals surface area contributed by atoms with Gasteiger partial charge in [-0.15, -0.1) is 0 Å². The molecule has 1 aliphatic rings. The predicted molar refractivity (Wildman–Crippen MR) is 81.4 cm³/mol. The van der Waals surface area contributed by atoms with Crippen LogP contribution in [0, 0.1) is 0 Å². The summed E-state index contributed by atoms with van der Waals surface area (Å²) in [7, 11) is 0. The molecule has 110 valence electrons. The van der Waals surface area contributed by atoms with Crippen molar-refractivity contribution >= 4 is 17.7 Å². The van der Waals surface area contributed by atoms with Crippen LogP contribution < -0.4 is 10.5 Å². The van der Waals surface area contributed by atoms with Crippen molar-refractivity contribution in [3.63, 3.8) is 0 Å². The van der Waals surface area contributed by atoms with Crippen LogP contribution in [-0.4, -0.2) is 34.2 Å². The molecule has 1 heterocycles. The molecule has 0 saturated heterocycles. The summed E-state index contributed by atoms with van der Waals surface area (Å²) < 4.78 is 5.16. The zero-order chi connectivity index (χ0) is 14.8. The normalized spacial score (nSPS) is 19.9. The molecule has 0 radical (unpaired) electrons. The Morgan fingerprint density at radius 3 is 2.95 bits per heavy atom. The summed E-state index contributed by atoms with van der Waals surface area (Å²) >= 11 is 1.62. The summed E-state index contributed by atoms with van der Waals surface area (Å²) in [5.41, 5.74) is 6.97. The van der Waals surface area contributed by atoms with E-state index < -0.39 is 16.8 Å². The van der Waals surface area contributed by atoms with E-state index in [1.807, 2.05) is 32.0 Å². The van der Waals surface area contributed by atoms with Gasteiger partial charge in [0.25, 0.3) is 0 Å². The molecule has 2 rings (SSSR count). The van der Waals surface area contributed by atoms with Crippen molar-refractivity contribution < 1.29 is 14.6 Å². The lowest BCUT2D eigenvalue weighted by Gasteiger charge is -2.32. The number of thioether (sulfide) groups is 1. The van der Waals surface area contributed by atoms with E-state index in [1.165, 1.54) is 5.56 Å². The zero-order valence-electron chi connectivity index (χ0n) is 11.8. The third kappa shape index (κ3) is 3.27. The van der Waals surface area contributed by atoms with E-state index in [0.29, 0.717) is 12.5 Å². The maximum absolute atomic E-state index is 11.0. The lowest BCUT2D eigenvalue weighted by atomic mass is 9.95. The van der Waals surface area contributed by atoms with Crippen molar-refractivity contribution in [2.45, 2.75) is 37.0 Å². The maximum Gasteiger partial charge on any atom is 0.321 e. The second-order valence-corrected chi connectivity index (χ2v) is 7.28. The van der Waals surface area contributed by atoms with Crippen LogP contribution in [0.1, 0.15) is 31.7 Å². The number of ether oxygens (including phenoxy) is 1. The fraction of sp³-hybridized carbons (Fsp3) is 0.533. The Labute approximate surface area is 123 Å². The van der Waals surface area contributed by atoms with Crippen molar-refractivity contribution in [1.82, 2.24) is 0 Å². The molecular weight excluding hydrogens is 274 g/mol. The largest absolute Gasteiger partial charge is 0.493 e. The van der Waals surface area contributed by atoms with Crippen LogP contribution >= 0.6 is 11.8 Å². The number of carboxylic acids is 1. The smallest absolute Gasteiger partial charge is 0.321 e. The van der Waals surface area contributed by atoms with Gasteiger partial charge in [-0.1, -0.05) is 18.2 Å². The molecule has 3 N–H and O–H groups in total. The molecule has 0 fully saturated rings. The molecule has 0 spiro atoms. The highest BCUT2D eigenvalue weighted by Gasteiger charge is 2.34. The Bertz CT molecular complexity index is 490. The minimum Gasteiger partial charge on any atom is -0.493 e. The average Bonchev–Trinajstić information content (AvgIpc) is 2.44. The highest BCUT2D eigenvalue weighted by molar-refractivity contribution is 8.00. The first-order valence-electron chi connectivity index (χ1n) is 6.76. The number of nitrogens with two attached hydrogens (primary N) is 1. The van der Waals surface area contributed by atoms with Gasteiger partial charge in [-0.25, -0.2) is 0 Å². The molecule has 20 heavy (non-hydrogen) atoms. The molecule has 0 amide bonds. The SMILES string of the molecule is CC(C)(SCC1CCOc2ccccc21)[C@H](N)C(=O)O. The van der Waals surface area contributed by atoms with Gasteiger partial charge in [0.1, 0.15) is 11.8 Å². The molecule has 1 aliphatic heterocycles. The van der Waals surface area contributed by atoms with Gasteiger partial charge in [0, 0.05) is 10.5 Å². The number of carbonyl (C=O) groups is 1. The van der Waals surface area contributed by atoms with Gasteiger partial charge < -0.3 is 15.6 Å². The first kappa shape index (κ1) is 15.2. The number of carboxylic acid groups (broad SMARTS) is 1. The number of para-hydroxylation sites is 1. The van der Waals surface area contributed by atoms with Crippen LogP contribution in [0.2, 0.25) is 0 Å². The van der Waals surface area contributed by atoms with Gasteiger partial charge >= 0.3 is 5.97 Å². The topological polar surface area (TPSA) is 72.5 Å². The van der Waals surface area contributed by atoms with Crippen LogP contribution in [0.4, 0.5) is 0 Å². The zero-order valence-corrected chi connectivity index (χ0v) is 12.7. The Morgan fingerprint density at radius 1 is 1.55 bits per heavy atom. The quantitative estimate of drug-likeness (QED) is 0.873. The third-order valence-electron chi connectivity index (χ3n) is 3.75. The summed E-state index contributed by atoms with van der Waals surface area (Å²) in [6, 6.07) is 7.20. The third-order valence-corrected chi connectivity index (χ3v) is 5.32. The van der Waals surface area contributed by atoms with Gasteiger partial charge in [-0.05, 0) is 37.8 Å². The van der Waals surface area contributed by atoms with Gasteiger partial charge in [-0.3, -0.25) is 4.79 Å². The molecule has 1 unspecified atom stereocenters. The van der Waals surface area contributed by atoms with Gasteiger partial charge in [0.15, 0.2) is 0 Å². The van der Waals surface area contributed by atoms with Crippen molar-refractivity contribution in [2.75, 3.05) is 12.4 Å². The van der Waals surface area contributed by atoms with E-state index in [2.05, 4.69) is 6.07 Å². The fourth-order valence-electron chi connectivity index (χ4n) is 2.29. The molecule has 4 nitrogen and oxygen atoms in total. The van der Waals surface area contributed by atoms with E-state index in [1.54, 1.807) is 11.8 Å².